The number of primary sulfonamides is 1. The maximum Gasteiger partial charge on any atom is 0.300 e. The molecule has 7 nitrogen and oxygen atoms in total. The lowest BCUT2D eigenvalue weighted by molar-refractivity contribution is -0.134. The van der Waals surface area contributed by atoms with E-state index in [2.05, 4.69) is 5.32 Å². The lowest BCUT2D eigenvalue weighted by Crippen LogP contribution is -2.48. The summed E-state index contributed by atoms with van der Waals surface area (Å²) in [6, 6.07) is 0. The summed E-state index contributed by atoms with van der Waals surface area (Å²) in [5, 5.41) is 14.9. The highest BCUT2D eigenvalue weighted by Crippen LogP contribution is 2.11. The largest absolute Gasteiger partial charge is 0.481 e. The molecule has 1 rings (SSSR count). The minimum absolute atomic E-state index is 0.0397. The summed E-state index contributed by atoms with van der Waals surface area (Å²) >= 11 is 0. The number of piperidine rings is 1. The molecule has 0 spiro atoms. The van der Waals surface area contributed by atoms with Crippen molar-refractivity contribution in [1.29, 1.82) is 0 Å². The van der Waals surface area contributed by atoms with Gasteiger partial charge in [-0.25, -0.2) is 13.6 Å². The number of carboxylic acid groups (broad SMARTS) is 1. The molecule has 1 aliphatic rings. The van der Waals surface area contributed by atoms with E-state index in [1.807, 2.05) is 0 Å². The summed E-state index contributed by atoms with van der Waals surface area (Å²) < 4.78 is 26.9. The monoisotopic (exact) mass is 254 g/mol. The Labute approximate surface area is 95.0 Å². The second-order valence-electron chi connectivity index (χ2n) is 3.48. The summed E-state index contributed by atoms with van der Waals surface area (Å²) in [5.41, 5.74) is 0. The van der Waals surface area contributed by atoms with Gasteiger partial charge in [-0.05, 0) is 6.42 Å². The quantitative estimate of drug-likeness (QED) is 0.566. The highest BCUT2D eigenvalue weighted by molar-refractivity contribution is 7.89. The number of aliphatic carboxylic acids is 1. The Hall–Kier alpha value is -0.700. The van der Waals surface area contributed by atoms with Crippen LogP contribution >= 0.6 is 0 Å². The average Bonchev–Trinajstić information content (AvgIpc) is 2.16. The van der Waals surface area contributed by atoms with Crippen LogP contribution in [0.5, 0.6) is 0 Å². The predicted molar refractivity (Wildman–Crippen MR) is 58.5 cm³/mol. The Morgan fingerprint density at radius 1 is 1.50 bits per heavy atom. The van der Waals surface area contributed by atoms with Gasteiger partial charge in [0, 0.05) is 27.1 Å². The Kier molecular flexibility index (Phi) is 6.49. The van der Waals surface area contributed by atoms with Crippen molar-refractivity contribution in [3.63, 3.8) is 0 Å². The van der Waals surface area contributed by atoms with Gasteiger partial charge < -0.3 is 15.2 Å². The number of ether oxygens (including phenoxy) is 1. The van der Waals surface area contributed by atoms with Crippen LogP contribution in [0.2, 0.25) is 0 Å². The van der Waals surface area contributed by atoms with Crippen molar-refractivity contribution in [1.82, 2.24) is 5.32 Å². The smallest absolute Gasteiger partial charge is 0.300 e. The molecule has 16 heavy (non-hydrogen) atoms. The van der Waals surface area contributed by atoms with Gasteiger partial charge in [-0.2, -0.15) is 0 Å². The van der Waals surface area contributed by atoms with E-state index in [-0.39, 0.29) is 6.10 Å². The van der Waals surface area contributed by atoms with E-state index in [1.165, 1.54) is 0 Å². The number of hydrogen-bond donors (Lipinski definition) is 3. The Bertz CT molecular complexity index is 312. The topological polar surface area (TPSA) is 119 Å². The molecule has 0 aromatic carbocycles. The fourth-order valence-corrected chi connectivity index (χ4v) is 2.13. The molecule has 0 aromatic rings. The molecule has 0 unspecified atom stereocenters. The van der Waals surface area contributed by atoms with Crippen molar-refractivity contribution < 1.29 is 23.1 Å². The van der Waals surface area contributed by atoms with Crippen molar-refractivity contribution in [3.8, 4) is 0 Å². The fourth-order valence-electron chi connectivity index (χ4n) is 1.30. The van der Waals surface area contributed by atoms with E-state index >= 15 is 0 Å². The highest BCUT2D eigenvalue weighted by Gasteiger charge is 2.28. The summed E-state index contributed by atoms with van der Waals surface area (Å²) in [5.74, 6) is -0.833. The third-order valence-electron chi connectivity index (χ3n) is 2.07. The lowest BCUT2D eigenvalue weighted by atomic mass is 10.1. The van der Waals surface area contributed by atoms with Crippen molar-refractivity contribution in [2.24, 2.45) is 5.14 Å². The number of methoxy groups -OCH3 is 1. The van der Waals surface area contributed by atoms with Crippen LogP contribution in [0.25, 0.3) is 0 Å². The molecule has 0 bridgehead atoms. The van der Waals surface area contributed by atoms with Gasteiger partial charge in [-0.15, -0.1) is 0 Å². The van der Waals surface area contributed by atoms with Gasteiger partial charge in [-0.3, -0.25) is 4.79 Å². The van der Waals surface area contributed by atoms with Crippen molar-refractivity contribution in [2.75, 3.05) is 20.2 Å². The molecular formula is C8H18N2O5S. The number of carboxylic acids is 1. The minimum atomic E-state index is -3.41. The standard InChI is InChI=1S/C6H14N2O3S.C2H4O2/c1-11-5-2-6(4-8-3-5)12(7,9)10;1-2(3)4/h5-6,8H,2-4H2,1H3,(H2,7,9,10);1H3,(H,3,4)/t5-,6-;/m1./s1. The van der Waals surface area contributed by atoms with Crippen LogP contribution in [0.15, 0.2) is 0 Å². The SMILES string of the molecule is CC(=O)O.CO[C@H]1CNC[C@H](S(N)(=O)=O)C1. The predicted octanol–water partition coefficient (Wildman–Crippen LogP) is -1.26. The molecule has 0 amide bonds. The number of carbonyl (C=O) groups is 1. The lowest BCUT2D eigenvalue weighted by Gasteiger charge is -2.27. The first-order chi connectivity index (χ1) is 7.27. The van der Waals surface area contributed by atoms with Gasteiger partial charge in [0.15, 0.2) is 0 Å². The van der Waals surface area contributed by atoms with E-state index in [1.54, 1.807) is 7.11 Å². The van der Waals surface area contributed by atoms with Crippen LogP contribution < -0.4 is 10.5 Å². The Morgan fingerprint density at radius 3 is 2.38 bits per heavy atom. The molecule has 1 saturated heterocycles. The molecule has 0 radical (unpaired) electrons. The summed E-state index contributed by atoms with van der Waals surface area (Å²) in [6.45, 7) is 2.21. The Balaban J connectivity index is 0.000000487. The van der Waals surface area contributed by atoms with Crippen molar-refractivity contribution in [3.05, 3.63) is 0 Å². The minimum Gasteiger partial charge on any atom is -0.481 e. The average molecular weight is 254 g/mol. The van der Waals surface area contributed by atoms with E-state index in [0.29, 0.717) is 19.5 Å². The molecule has 4 N–H and O–H groups in total. The number of hydrogen-bond acceptors (Lipinski definition) is 5. The first kappa shape index (κ1) is 15.3. The number of rotatable bonds is 2. The zero-order chi connectivity index (χ0) is 12.8. The van der Waals surface area contributed by atoms with Crippen molar-refractivity contribution in [2.45, 2.75) is 24.7 Å². The van der Waals surface area contributed by atoms with Gasteiger partial charge in [0.25, 0.3) is 5.97 Å². The van der Waals surface area contributed by atoms with Crippen LogP contribution in [-0.2, 0) is 19.6 Å². The molecule has 1 heterocycles. The second-order valence-corrected chi connectivity index (χ2v) is 5.33. The van der Waals surface area contributed by atoms with Gasteiger partial charge in [0.2, 0.25) is 10.0 Å². The molecular weight excluding hydrogens is 236 g/mol. The van der Waals surface area contributed by atoms with Crippen LogP contribution in [0.3, 0.4) is 0 Å². The van der Waals surface area contributed by atoms with Crippen LogP contribution in [0, 0.1) is 0 Å². The maximum atomic E-state index is 10.9. The van der Waals surface area contributed by atoms with Gasteiger partial charge in [0.05, 0.1) is 11.4 Å². The van der Waals surface area contributed by atoms with Gasteiger partial charge >= 0.3 is 0 Å². The second kappa shape index (κ2) is 6.79. The summed E-state index contributed by atoms with van der Waals surface area (Å²) in [4.78, 5) is 9.00. The van der Waals surface area contributed by atoms with Crippen LogP contribution in [0.1, 0.15) is 13.3 Å². The third kappa shape index (κ3) is 6.72. The van der Waals surface area contributed by atoms with E-state index in [9.17, 15) is 8.42 Å². The molecule has 2 atom stereocenters. The Morgan fingerprint density at radius 2 is 2.00 bits per heavy atom. The van der Waals surface area contributed by atoms with E-state index in [0.717, 1.165) is 6.92 Å². The molecule has 0 aliphatic carbocycles. The van der Waals surface area contributed by atoms with Crippen LogP contribution in [-0.4, -0.2) is 51.0 Å². The summed E-state index contributed by atoms with van der Waals surface area (Å²) in [7, 11) is -1.84. The van der Waals surface area contributed by atoms with Gasteiger partial charge in [0.1, 0.15) is 0 Å². The van der Waals surface area contributed by atoms with Crippen molar-refractivity contribution >= 4 is 16.0 Å². The first-order valence-electron chi connectivity index (χ1n) is 4.72. The van der Waals surface area contributed by atoms with Gasteiger partial charge in [-0.1, -0.05) is 0 Å². The molecule has 0 saturated carbocycles. The zero-order valence-corrected chi connectivity index (χ0v) is 10.2. The van der Waals surface area contributed by atoms with E-state index in [4.69, 9.17) is 19.8 Å². The van der Waals surface area contributed by atoms with E-state index < -0.39 is 21.2 Å². The number of sulfonamides is 1. The molecule has 1 fully saturated rings. The molecule has 96 valence electrons. The fraction of sp³-hybridized carbons (Fsp3) is 0.875. The zero-order valence-electron chi connectivity index (χ0n) is 9.34. The number of nitrogens with one attached hydrogen (secondary N) is 1. The third-order valence-corrected chi connectivity index (χ3v) is 3.36. The first-order valence-corrected chi connectivity index (χ1v) is 6.33. The van der Waals surface area contributed by atoms with Crippen LogP contribution in [0.4, 0.5) is 0 Å². The number of nitrogens with two attached hydrogens (primary N) is 1. The molecule has 1 aliphatic heterocycles. The maximum absolute atomic E-state index is 10.9. The normalized spacial score (nSPS) is 25.4. The summed E-state index contributed by atoms with van der Waals surface area (Å²) in [6.07, 6.45) is 0.449. The molecule has 0 aromatic heterocycles. The highest BCUT2D eigenvalue weighted by atomic mass is 32.2. The molecule has 8 heteroatoms.